The number of thioether (sulfide) groups is 3. The minimum Gasteiger partial charge on any atom is -0.248 e. The zero-order valence-corrected chi connectivity index (χ0v) is 14.7. The number of nitrogens with zero attached hydrogens (tertiary/aromatic N) is 2. The molecule has 3 atom stereocenters. The highest BCUT2D eigenvalue weighted by Gasteiger charge is 2.54. The Morgan fingerprint density at radius 3 is 2.41 bits per heavy atom. The molecule has 0 N–H and O–H groups in total. The van der Waals surface area contributed by atoms with Crippen LogP contribution >= 0.6 is 35.3 Å². The van der Waals surface area contributed by atoms with Crippen LogP contribution in [0.15, 0.2) is 35.3 Å². The van der Waals surface area contributed by atoms with Crippen molar-refractivity contribution < 1.29 is 0 Å². The van der Waals surface area contributed by atoms with Gasteiger partial charge in [0.2, 0.25) is 0 Å². The van der Waals surface area contributed by atoms with Crippen LogP contribution in [0.2, 0.25) is 0 Å². The van der Waals surface area contributed by atoms with Gasteiger partial charge in [0.1, 0.15) is 5.04 Å². The number of rotatable bonds is 1. The van der Waals surface area contributed by atoms with Gasteiger partial charge in [0.15, 0.2) is 4.20 Å². The topological polar surface area (TPSA) is 36.1 Å². The van der Waals surface area contributed by atoms with Crippen LogP contribution in [-0.2, 0) is 0 Å². The fourth-order valence-electron chi connectivity index (χ4n) is 3.38. The van der Waals surface area contributed by atoms with Crippen molar-refractivity contribution in [3.05, 3.63) is 35.9 Å². The summed E-state index contributed by atoms with van der Waals surface area (Å²) in [5.74, 6) is 0.884. The number of benzene rings is 1. The second kappa shape index (κ2) is 6.14. The Balaban J connectivity index is 1.70. The standard InChI is InChI=1S/C17H18N2S3/c18-10-13-11-20-16(12-6-2-1-3-7-12)19-17(13)21-14-8-4-5-9-15(14)22-17/h1-3,6-7,13-15H,4-5,8-9,11H2. The molecule has 0 aromatic heterocycles. The molecule has 4 rings (SSSR count). The molecule has 1 aromatic rings. The Bertz CT molecular complexity index is 609. The monoisotopic (exact) mass is 346 g/mol. The third-order valence-corrected chi connectivity index (χ3v) is 9.55. The highest BCUT2D eigenvalue weighted by Crippen LogP contribution is 2.62. The summed E-state index contributed by atoms with van der Waals surface area (Å²) in [7, 11) is 0. The lowest BCUT2D eigenvalue weighted by Crippen LogP contribution is -2.33. The Morgan fingerprint density at radius 2 is 1.77 bits per heavy atom. The number of fused-ring (bicyclic) bond motifs is 1. The van der Waals surface area contributed by atoms with Crippen molar-refractivity contribution in [1.82, 2.24) is 0 Å². The Morgan fingerprint density at radius 1 is 1.09 bits per heavy atom. The van der Waals surface area contributed by atoms with E-state index in [0.29, 0.717) is 10.5 Å². The van der Waals surface area contributed by atoms with E-state index < -0.39 is 0 Å². The van der Waals surface area contributed by atoms with Gasteiger partial charge in [-0.05, 0) is 12.8 Å². The summed E-state index contributed by atoms with van der Waals surface area (Å²) < 4.78 is -0.259. The fourth-order valence-corrected chi connectivity index (χ4v) is 9.05. The Hall–Kier alpha value is -0.570. The minimum absolute atomic E-state index is 0.0190. The predicted molar refractivity (Wildman–Crippen MR) is 98.5 cm³/mol. The van der Waals surface area contributed by atoms with E-state index in [9.17, 15) is 5.26 Å². The maximum Gasteiger partial charge on any atom is 0.170 e. The molecule has 3 unspecified atom stereocenters. The largest absolute Gasteiger partial charge is 0.248 e. The molecule has 3 aliphatic rings. The number of hydrogen-bond acceptors (Lipinski definition) is 5. The van der Waals surface area contributed by atoms with E-state index in [1.54, 1.807) is 11.8 Å². The molecule has 1 aliphatic carbocycles. The van der Waals surface area contributed by atoms with Crippen LogP contribution < -0.4 is 0 Å². The van der Waals surface area contributed by atoms with Gasteiger partial charge in [0, 0.05) is 21.8 Å². The average molecular weight is 347 g/mol. The van der Waals surface area contributed by atoms with Gasteiger partial charge < -0.3 is 0 Å². The lowest BCUT2D eigenvalue weighted by Gasteiger charge is -2.33. The van der Waals surface area contributed by atoms with Crippen molar-refractivity contribution in [2.45, 2.75) is 40.4 Å². The van der Waals surface area contributed by atoms with Crippen molar-refractivity contribution in [3.8, 4) is 6.07 Å². The molecule has 1 aromatic carbocycles. The third kappa shape index (κ3) is 2.60. The average Bonchev–Trinajstić information content (AvgIpc) is 2.93. The summed E-state index contributed by atoms with van der Waals surface area (Å²) in [4.78, 5) is 5.14. The van der Waals surface area contributed by atoms with E-state index in [1.165, 1.54) is 31.2 Å². The Labute approximate surface area is 144 Å². The van der Waals surface area contributed by atoms with E-state index in [0.717, 1.165) is 10.8 Å². The molecule has 2 nitrogen and oxygen atoms in total. The van der Waals surface area contributed by atoms with E-state index in [-0.39, 0.29) is 10.1 Å². The molecular weight excluding hydrogens is 328 g/mol. The molecule has 1 saturated heterocycles. The molecule has 0 bridgehead atoms. The van der Waals surface area contributed by atoms with Gasteiger partial charge in [0.25, 0.3) is 0 Å². The first-order chi connectivity index (χ1) is 10.8. The van der Waals surface area contributed by atoms with Crippen molar-refractivity contribution >= 4 is 40.3 Å². The molecule has 2 aliphatic heterocycles. The van der Waals surface area contributed by atoms with Crippen molar-refractivity contribution in [3.63, 3.8) is 0 Å². The van der Waals surface area contributed by atoms with Gasteiger partial charge in [-0.3, -0.25) is 0 Å². The van der Waals surface area contributed by atoms with E-state index in [4.69, 9.17) is 4.99 Å². The fraction of sp³-hybridized carbons (Fsp3) is 0.529. The van der Waals surface area contributed by atoms with Crippen LogP contribution in [0.1, 0.15) is 31.2 Å². The quantitative estimate of drug-likeness (QED) is 0.734. The van der Waals surface area contributed by atoms with Gasteiger partial charge in [-0.15, -0.1) is 35.3 Å². The summed E-state index contributed by atoms with van der Waals surface area (Å²) in [6.07, 6.45) is 5.27. The summed E-state index contributed by atoms with van der Waals surface area (Å²) in [5, 5.41) is 12.2. The molecule has 2 heterocycles. The molecule has 1 saturated carbocycles. The van der Waals surface area contributed by atoms with Gasteiger partial charge in [-0.2, -0.15) is 5.26 Å². The first-order valence-electron chi connectivity index (χ1n) is 7.84. The van der Waals surface area contributed by atoms with Gasteiger partial charge in [0.05, 0.1) is 12.0 Å². The highest BCUT2D eigenvalue weighted by molar-refractivity contribution is 8.22. The summed E-state index contributed by atoms with van der Waals surface area (Å²) in [5.41, 5.74) is 1.19. The smallest absolute Gasteiger partial charge is 0.170 e. The summed E-state index contributed by atoms with van der Waals surface area (Å²) in [6.45, 7) is 0. The summed E-state index contributed by atoms with van der Waals surface area (Å²) >= 11 is 5.72. The molecule has 114 valence electrons. The molecular formula is C17H18N2S3. The molecule has 0 radical (unpaired) electrons. The number of hydrogen-bond donors (Lipinski definition) is 0. The normalized spacial score (nSPS) is 37.4. The van der Waals surface area contributed by atoms with Gasteiger partial charge >= 0.3 is 0 Å². The van der Waals surface area contributed by atoms with Gasteiger partial charge in [-0.25, -0.2) is 4.99 Å². The lowest BCUT2D eigenvalue weighted by molar-refractivity contribution is 0.532. The minimum atomic E-state index is -0.259. The second-order valence-corrected chi connectivity index (χ2v) is 10.2. The highest BCUT2D eigenvalue weighted by atomic mass is 32.2. The molecule has 2 fully saturated rings. The second-order valence-electron chi connectivity index (χ2n) is 6.00. The summed E-state index contributed by atoms with van der Waals surface area (Å²) in [6, 6.07) is 13.0. The maximum absolute atomic E-state index is 9.65. The zero-order chi connectivity index (χ0) is 15.0. The Kier molecular flexibility index (Phi) is 4.19. The zero-order valence-electron chi connectivity index (χ0n) is 12.3. The number of nitriles is 1. The lowest BCUT2D eigenvalue weighted by atomic mass is 10.00. The molecule has 1 spiro atoms. The first-order valence-corrected chi connectivity index (χ1v) is 10.6. The third-order valence-electron chi connectivity index (χ3n) is 4.54. The number of aliphatic imine (C=N–C) groups is 1. The van der Waals surface area contributed by atoms with Crippen LogP contribution in [0.25, 0.3) is 0 Å². The van der Waals surface area contributed by atoms with Crippen molar-refractivity contribution in [2.24, 2.45) is 10.9 Å². The molecule has 5 heteroatoms. The molecule has 0 amide bonds. The first kappa shape index (κ1) is 15.0. The molecule has 22 heavy (non-hydrogen) atoms. The maximum atomic E-state index is 9.65. The van der Waals surface area contributed by atoms with Crippen LogP contribution in [0, 0.1) is 17.2 Å². The van der Waals surface area contributed by atoms with Crippen LogP contribution in [0.5, 0.6) is 0 Å². The predicted octanol–water partition coefficient (Wildman–Crippen LogP) is 4.76. The SMILES string of the molecule is N#CC1CSC(c2ccccc2)=NC12SC1CCCCC1S2. The van der Waals surface area contributed by atoms with Crippen molar-refractivity contribution in [2.75, 3.05) is 5.75 Å². The van der Waals surface area contributed by atoms with Crippen LogP contribution in [0.3, 0.4) is 0 Å². The van der Waals surface area contributed by atoms with E-state index in [1.807, 2.05) is 29.6 Å². The van der Waals surface area contributed by atoms with Crippen LogP contribution in [-0.4, -0.2) is 25.5 Å². The van der Waals surface area contributed by atoms with Crippen LogP contribution in [0.4, 0.5) is 0 Å². The van der Waals surface area contributed by atoms with E-state index >= 15 is 0 Å². The van der Waals surface area contributed by atoms with Crippen molar-refractivity contribution in [1.29, 1.82) is 5.26 Å². The van der Waals surface area contributed by atoms with Gasteiger partial charge in [-0.1, -0.05) is 43.2 Å². The van der Waals surface area contributed by atoms with E-state index in [2.05, 4.69) is 30.3 Å².